The summed E-state index contributed by atoms with van der Waals surface area (Å²) in [7, 11) is -3.76. The number of rotatable bonds is 7. The smallest absolute Gasteiger partial charge is 0.338 e. The fraction of sp³-hybridized carbons (Fsp3) is 0.167. The molecule has 2 rings (SSSR count). The number of ether oxygens (including phenoxy) is 1. The lowest BCUT2D eigenvalue weighted by Gasteiger charge is -2.23. The number of anilines is 1. The molecule has 0 spiro atoms. The lowest BCUT2D eigenvalue weighted by Crippen LogP contribution is -2.31. The van der Waals surface area contributed by atoms with E-state index in [2.05, 4.69) is 6.58 Å². The molecule has 0 unspecified atom stereocenters. The molecule has 24 heavy (non-hydrogen) atoms. The fourth-order valence-electron chi connectivity index (χ4n) is 2.16. The Balaban J connectivity index is 2.37. The maximum absolute atomic E-state index is 12.9. The molecule has 0 N–H and O–H groups in total. The van der Waals surface area contributed by atoms with Crippen LogP contribution in [-0.4, -0.2) is 27.5 Å². The molecule has 0 heterocycles. The molecule has 2 aromatic rings. The summed E-state index contributed by atoms with van der Waals surface area (Å²) in [6.07, 6.45) is 1.53. The largest absolute Gasteiger partial charge is 0.462 e. The standard InChI is InChI=1S/C18H19NO4S/c1-3-14-19(16-8-6-5-7-9-16)24(21,22)17-12-10-15(11-13-17)18(20)23-4-2/h3,5-13H,1,4,14H2,2H3. The van der Waals surface area contributed by atoms with Crippen LogP contribution in [0.1, 0.15) is 17.3 Å². The Labute approximate surface area is 142 Å². The number of nitrogens with zero attached hydrogens (tertiary/aromatic N) is 1. The van der Waals surface area contributed by atoms with E-state index in [9.17, 15) is 13.2 Å². The van der Waals surface area contributed by atoms with Crippen molar-refractivity contribution in [1.29, 1.82) is 0 Å². The van der Waals surface area contributed by atoms with E-state index in [1.54, 1.807) is 31.2 Å². The van der Waals surface area contributed by atoms with Crippen LogP contribution in [0, 0.1) is 0 Å². The number of carbonyl (C=O) groups is 1. The Morgan fingerprint density at radius 3 is 2.29 bits per heavy atom. The molecule has 6 heteroatoms. The fourth-order valence-corrected chi connectivity index (χ4v) is 3.59. The second kappa shape index (κ2) is 7.79. The number of hydrogen-bond donors (Lipinski definition) is 0. The van der Waals surface area contributed by atoms with Gasteiger partial charge in [-0.05, 0) is 43.3 Å². The highest BCUT2D eigenvalue weighted by molar-refractivity contribution is 7.92. The van der Waals surface area contributed by atoms with Crippen LogP contribution in [0.3, 0.4) is 0 Å². The van der Waals surface area contributed by atoms with E-state index in [1.807, 2.05) is 6.07 Å². The third-order valence-electron chi connectivity index (χ3n) is 3.29. The van der Waals surface area contributed by atoms with E-state index >= 15 is 0 Å². The first kappa shape index (κ1) is 17.7. The van der Waals surface area contributed by atoms with Gasteiger partial charge in [0.05, 0.1) is 29.3 Å². The summed E-state index contributed by atoms with van der Waals surface area (Å²) in [5.74, 6) is -0.479. The van der Waals surface area contributed by atoms with E-state index in [0.29, 0.717) is 11.3 Å². The maximum Gasteiger partial charge on any atom is 0.338 e. The molecular formula is C18H19NO4S. The quantitative estimate of drug-likeness (QED) is 0.571. The van der Waals surface area contributed by atoms with Gasteiger partial charge in [0, 0.05) is 0 Å². The summed E-state index contributed by atoms with van der Waals surface area (Å²) in [6, 6.07) is 14.5. The lowest BCUT2D eigenvalue weighted by molar-refractivity contribution is 0.0526. The molecule has 0 saturated heterocycles. The summed E-state index contributed by atoms with van der Waals surface area (Å²) in [5.41, 5.74) is 0.859. The molecule has 0 bridgehead atoms. The zero-order valence-corrected chi connectivity index (χ0v) is 14.2. The van der Waals surface area contributed by atoms with Crippen molar-refractivity contribution in [3.63, 3.8) is 0 Å². The second-order valence-electron chi connectivity index (χ2n) is 4.91. The normalized spacial score (nSPS) is 10.9. The van der Waals surface area contributed by atoms with Crippen LogP contribution in [0.2, 0.25) is 0 Å². The number of esters is 1. The highest BCUT2D eigenvalue weighted by atomic mass is 32.2. The van der Waals surface area contributed by atoms with Crippen molar-refractivity contribution in [2.45, 2.75) is 11.8 Å². The minimum absolute atomic E-state index is 0.0984. The highest BCUT2D eigenvalue weighted by Crippen LogP contribution is 2.23. The summed E-state index contributed by atoms with van der Waals surface area (Å²) < 4.78 is 31.9. The van der Waals surface area contributed by atoms with Crippen LogP contribution in [0.25, 0.3) is 0 Å². The van der Waals surface area contributed by atoms with Crippen molar-refractivity contribution in [2.24, 2.45) is 0 Å². The molecule has 0 aliphatic heterocycles. The van der Waals surface area contributed by atoms with Crippen molar-refractivity contribution in [3.8, 4) is 0 Å². The molecule has 126 valence electrons. The van der Waals surface area contributed by atoms with Gasteiger partial charge in [-0.25, -0.2) is 13.2 Å². The average Bonchev–Trinajstić information content (AvgIpc) is 2.60. The second-order valence-corrected chi connectivity index (χ2v) is 6.77. The molecule has 0 aromatic heterocycles. The Hall–Kier alpha value is -2.60. The molecule has 0 saturated carbocycles. The SMILES string of the molecule is C=CCN(c1ccccc1)S(=O)(=O)c1ccc(C(=O)OCC)cc1. The van der Waals surface area contributed by atoms with E-state index in [-0.39, 0.29) is 18.0 Å². The number of sulfonamides is 1. The number of hydrogen-bond acceptors (Lipinski definition) is 4. The average molecular weight is 345 g/mol. The van der Waals surface area contributed by atoms with Gasteiger partial charge < -0.3 is 4.74 Å². The van der Waals surface area contributed by atoms with Gasteiger partial charge in [-0.2, -0.15) is 0 Å². The van der Waals surface area contributed by atoms with Crippen LogP contribution in [0.4, 0.5) is 5.69 Å². The first-order chi connectivity index (χ1) is 11.5. The van der Waals surface area contributed by atoms with Gasteiger partial charge in [0.2, 0.25) is 0 Å². The zero-order chi connectivity index (χ0) is 17.6. The Bertz CT molecular complexity index is 799. The van der Waals surface area contributed by atoms with Crippen LogP contribution < -0.4 is 4.31 Å². The maximum atomic E-state index is 12.9. The zero-order valence-electron chi connectivity index (χ0n) is 13.4. The van der Waals surface area contributed by atoms with Crippen molar-refractivity contribution >= 4 is 21.7 Å². The molecule has 0 aliphatic rings. The van der Waals surface area contributed by atoms with Gasteiger partial charge in [0.25, 0.3) is 10.0 Å². The van der Waals surface area contributed by atoms with E-state index in [1.165, 1.54) is 34.6 Å². The van der Waals surface area contributed by atoms with Gasteiger partial charge in [-0.3, -0.25) is 4.31 Å². The Morgan fingerprint density at radius 2 is 1.75 bits per heavy atom. The molecule has 0 radical (unpaired) electrons. The minimum atomic E-state index is -3.76. The van der Waals surface area contributed by atoms with E-state index in [0.717, 1.165) is 0 Å². The molecule has 0 amide bonds. The van der Waals surface area contributed by atoms with Crippen LogP contribution in [0.15, 0.2) is 72.1 Å². The van der Waals surface area contributed by atoms with Crippen LogP contribution in [-0.2, 0) is 14.8 Å². The van der Waals surface area contributed by atoms with Gasteiger partial charge >= 0.3 is 5.97 Å². The Morgan fingerprint density at radius 1 is 1.12 bits per heavy atom. The summed E-state index contributed by atoms with van der Waals surface area (Å²) in [6.45, 7) is 5.74. The minimum Gasteiger partial charge on any atom is -0.462 e. The number of benzene rings is 2. The van der Waals surface area contributed by atoms with Crippen molar-refractivity contribution in [2.75, 3.05) is 17.5 Å². The molecule has 0 aliphatic carbocycles. The number of para-hydroxylation sites is 1. The van der Waals surface area contributed by atoms with E-state index in [4.69, 9.17) is 4.74 Å². The van der Waals surface area contributed by atoms with Gasteiger partial charge in [0.15, 0.2) is 0 Å². The first-order valence-corrected chi connectivity index (χ1v) is 8.90. The monoisotopic (exact) mass is 345 g/mol. The van der Waals surface area contributed by atoms with Crippen molar-refractivity contribution < 1.29 is 17.9 Å². The highest BCUT2D eigenvalue weighted by Gasteiger charge is 2.24. The Kier molecular flexibility index (Phi) is 5.76. The predicted octanol–water partition coefficient (Wildman–Crippen LogP) is 3.24. The molecule has 0 fully saturated rings. The van der Waals surface area contributed by atoms with Crippen LogP contribution >= 0.6 is 0 Å². The van der Waals surface area contributed by atoms with Crippen LogP contribution in [0.5, 0.6) is 0 Å². The summed E-state index contributed by atoms with van der Waals surface area (Å²) in [5, 5.41) is 0. The molecule has 5 nitrogen and oxygen atoms in total. The predicted molar refractivity (Wildman–Crippen MR) is 93.6 cm³/mol. The first-order valence-electron chi connectivity index (χ1n) is 7.46. The summed E-state index contributed by atoms with van der Waals surface area (Å²) in [4.78, 5) is 11.8. The van der Waals surface area contributed by atoms with Gasteiger partial charge in [0.1, 0.15) is 0 Å². The third kappa shape index (κ3) is 3.83. The third-order valence-corrected chi connectivity index (χ3v) is 5.10. The topological polar surface area (TPSA) is 63.7 Å². The van der Waals surface area contributed by atoms with Crippen molar-refractivity contribution in [3.05, 3.63) is 72.8 Å². The van der Waals surface area contributed by atoms with Gasteiger partial charge in [-0.15, -0.1) is 6.58 Å². The lowest BCUT2D eigenvalue weighted by atomic mass is 10.2. The summed E-state index contributed by atoms with van der Waals surface area (Å²) >= 11 is 0. The van der Waals surface area contributed by atoms with E-state index < -0.39 is 16.0 Å². The van der Waals surface area contributed by atoms with Crippen molar-refractivity contribution in [1.82, 2.24) is 0 Å². The molecule has 2 aromatic carbocycles. The number of carbonyl (C=O) groups excluding carboxylic acids is 1. The van der Waals surface area contributed by atoms with Gasteiger partial charge in [-0.1, -0.05) is 24.3 Å². The molecular weight excluding hydrogens is 326 g/mol. The molecule has 0 atom stereocenters.